The number of phenols is 1. The van der Waals surface area contributed by atoms with Gasteiger partial charge in [-0.1, -0.05) is 18.2 Å². The van der Waals surface area contributed by atoms with Crippen molar-refractivity contribution in [3.63, 3.8) is 0 Å². The maximum atomic E-state index is 9.69. The first-order chi connectivity index (χ1) is 9.24. The molecule has 0 aliphatic carbocycles. The Labute approximate surface area is 112 Å². The Kier molecular flexibility index (Phi) is 4.13. The molecule has 0 aliphatic heterocycles. The van der Waals surface area contributed by atoms with Gasteiger partial charge in [0.25, 0.3) is 0 Å². The first-order valence-corrected chi connectivity index (χ1v) is 5.97. The Balaban J connectivity index is 2.10. The van der Waals surface area contributed by atoms with Gasteiger partial charge >= 0.3 is 0 Å². The van der Waals surface area contributed by atoms with Crippen LogP contribution in [0, 0.1) is 0 Å². The molecule has 0 fully saturated rings. The zero-order valence-electron chi connectivity index (χ0n) is 11.0. The van der Waals surface area contributed by atoms with Gasteiger partial charge in [-0.05, 0) is 18.2 Å². The van der Waals surface area contributed by atoms with E-state index in [1.54, 1.807) is 26.4 Å². The lowest BCUT2D eigenvalue weighted by molar-refractivity contribution is 0.355. The molecule has 4 heteroatoms. The second-order valence-corrected chi connectivity index (χ2v) is 4.05. The standard InChI is InChI=1S/C15H17NO3/c1-18-14-8-7-12(9-15(14)19-2)16-10-11-5-3-4-6-13(11)17/h3-9,16-17H,10H2,1-2H3. The van der Waals surface area contributed by atoms with Crippen LogP contribution in [0.25, 0.3) is 0 Å². The van der Waals surface area contributed by atoms with Crippen LogP contribution >= 0.6 is 0 Å². The van der Waals surface area contributed by atoms with Crippen molar-refractivity contribution in [3.8, 4) is 17.2 Å². The summed E-state index contributed by atoms with van der Waals surface area (Å²) in [7, 11) is 3.21. The third-order valence-corrected chi connectivity index (χ3v) is 2.86. The molecule has 2 aromatic rings. The quantitative estimate of drug-likeness (QED) is 0.866. The molecule has 0 spiro atoms. The number of benzene rings is 2. The van der Waals surface area contributed by atoms with E-state index >= 15 is 0 Å². The minimum absolute atomic E-state index is 0.287. The number of anilines is 1. The van der Waals surface area contributed by atoms with E-state index in [0.29, 0.717) is 18.0 Å². The summed E-state index contributed by atoms with van der Waals surface area (Å²) in [6, 6.07) is 12.8. The van der Waals surface area contributed by atoms with Crippen LogP contribution in [0.1, 0.15) is 5.56 Å². The van der Waals surface area contributed by atoms with Crippen molar-refractivity contribution in [2.24, 2.45) is 0 Å². The van der Waals surface area contributed by atoms with Gasteiger partial charge in [-0.25, -0.2) is 0 Å². The predicted octanol–water partition coefficient (Wildman–Crippen LogP) is 3.02. The van der Waals surface area contributed by atoms with Gasteiger partial charge in [0, 0.05) is 23.9 Å². The van der Waals surface area contributed by atoms with Gasteiger partial charge < -0.3 is 19.9 Å². The zero-order chi connectivity index (χ0) is 13.7. The van der Waals surface area contributed by atoms with E-state index in [9.17, 15) is 5.11 Å². The molecule has 19 heavy (non-hydrogen) atoms. The molecule has 100 valence electrons. The van der Waals surface area contributed by atoms with E-state index in [1.807, 2.05) is 30.3 Å². The smallest absolute Gasteiger partial charge is 0.162 e. The largest absolute Gasteiger partial charge is 0.508 e. The molecule has 2 rings (SSSR count). The van der Waals surface area contributed by atoms with Crippen molar-refractivity contribution < 1.29 is 14.6 Å². The van der Waals surface area contributed by atoms with Crippen molar-refractivity contribution >= 4 is 5.69 Å². The van der Waals surface area contributed by atoms with Crippen LogP contribution in [-0.4, -0.2) is 19.3 Å². The normalized spacial score (nSPS) is 10.0. The number of methoxy groups -OCH3 is 2. The number of rotatable bonds is 5. The summed E-state index contributed by atoms with van der Waals surface area (Å²) < 4.78 is 10.4. The Morgan fingerprint density at radius 3 is 2.42 bits per heavy atom. The average molecular weight is 259 g/mol. The Hall–Kier alpha value is -2.36. The van der Waals surface area contributed by atoms with Crippen LogP contribution in [0.3, 0.4) is 0 Å². The monoisotopic (exact) mass is 259 g/mol. The predicted molar refractivity (Wildman–Crippen MR) is 75.0 cm³/mol. The molecule has 0 bridgehead atoms. The fourth-order valence-electron chi connectivity index (χ4n) is 1.80. The fraction of sp³-hybridized carbons (Fsp3) is 0.200. The lowest BCUT2D eigenvalue weighted by atomic mass is 10.2. The van der Waals surface area contributed by atoms with E-state index < -0.39 is 0 Å². The number of hydrogen-bond acceptors (Lipinski definition) is 4. The molecule has 0 saturated carbocycles. The maximum absolute atomic E-state index is 9.69. The van der Waals surface area contributed by atoms with Crippen LogP contribution in [0.5, 0.6) is 17.2 Å². The van der Waals surface area contributed by atoms with Crippen LogP contribution in [0.4, 0.5) is 5.69 Å². The topological polar surface area (TPSA) is 50.7 Å². The van der Waals surface area contributed by atoms with Gasteiger partial charge in [-0.2, -0.15) is 0 Å². The molecule has 2 aromatic carbocycles. The van der Waals surface area contributed by atoms with Gasteiger partial charge in [0.05, 0.1) is 14.2 Å². The van der Waals surface area contributed by atoms with Gasteiger partial charge in [-0.3, -0.25) is 0 Å². The summed E-state index contributed by atoms with van der Waals surface area (Å²) in [6.07, 6.45) is 0. The Bertz CT molecular complexity index is 555. The summed E-state index contributed by atoms with van der Waals surface area (Å²) in [5.41, 5.74) is 1.75. The van der Waals surface area contributed by atoms with Crippen LogP contribution in [-0.2, 0) is 6.54 Å². The first-order valence-electron chi connectivity index (χ1n) is 5.97. The van der Waals surface area contributed by atoms with Gasteiger partial charge in [0.15, 0.2) is 11.5 Å². The zero-order valence-corrected chi connectivity index (χ0v) is 11.0. The van der Waals surface area contributed by atoms with E-state index in [0.717, 1.165) is 11.3 Å². The molecular weight excluding hydrogens is 242 g/mol. The molecule has 0 amide bonds. The SMILES string of the molecule is COc1ccc(NCc2ccccc2O)cc1OC. The molecular formula is C15H17NO3. The number of para-hydroxylation sites is 1. The molecule has 0 heterocycles. The van der Waals surface area contributed by atoms with Crippen LogP contribution < -0.4 is 14.8 Å². The summed E-state index contributed by atoms with van der Waals surface area (Å²) in [4.78, 5) is 0. The van der Waals surface area contributed by atoms with Gasteiger partial charge in [0.1, 0.15) is 5.75 Å². The summed E-state index contributed by atoms with van der Waals surface area (Å²) >= 11 is 0. The van der Waals surface area contributed by atoms with Gasteiger partial charge in [0.2, 0.25) is 0 Å². The van der Waals surface area contributed by atoms with E-state index in [4.69, 9.17) is 9.47 Å². The Morgan fingerprint density at radius 1 is 1.00 bits per heavy atom. The van der Waals surface area contributed by atoms with Crippen molar-refractivity contribution in [2.45, 2.75) is 6.54 Å². The highest BCUT2D eigenvalue weighted by Crippen LogP contribution is 2.30. The molecule has 0 atom stereocenters. The number of hydrogen-bond donors (Lipinski definition) is 2. The van der Waals surface area contributed by atoms with E-state index in [-0.39, 0.29) is 5.75 Å². The molecule has 0 unspecified atom stereocenters. The molecule has 2 N–H and O–H groups in total. The molecule has 0 aliphatic rings. The second-order valence-electron chi connectivity index (χ2n) is 4.05. The lowest BCUT2D eigenvalue weighted by Crippen LogP contribution is -2.00. The summed E-state index contributed by atoms with van der Waals surface area (Å²) in [6.45, 7) is 0.544. The number of phenolic OH excluding ortho intramolecular Hbond substituents is 1. The summed E-state index contributed by atoms with van der Waals surface area (Å²) in [5.74, 6) is 1.65. The molecule has 0 saturated heterocycles. The molecule has 4 nitrogen and oxygen atoms in total. The second kappa shape index (κ2) is 6.00. The maximum Gasteiger partial charge on any atom is 0.162 e. The fourth-order valence-corrected chi connectivity index (χ4v) is 1.80. The highest BCUT2D eigenvalue weighted by molar-refractivity contribution is 5.55. The number of ether oxygens (including phenoxy) is 2. The average Bonchev–Trinajstić information content (AvgIpc) is 2.46. The highest BCUT2D eigenvalue weighted by Gasteiger charge is 2.05. The van der Waals surface area contributed by atoms with Crippen molar-refractivity contribution in [1.82, 2.24) is 0 Å². The minimum Gasteiger partial charge on any atom is -0.508 e. The first kappa shape index (κ1) is 13.1. The third kappa shape index (κ3) is 3.10. The summed E-state index contributed by atoms with van der Waals surface area (Å²) in [5, 5.41) is 12.9. The highest BCUT2D eigenvalue weighted by atomic mass is 16.5. The van der Waals surface area contributed by atoms with E-state index in [1.165, 1.54) is 0 Å². The molecule has 0 aromatic heterocycles. The van der Waals surface area contributed by atoms with Crippen molar-refractivity contribution in [1.29, 1.82) is 0 Å². The van der Waals surface area contributed by atoms with Crippen LogP contribution in [0.15, 0.2) is 42.5 Å². The lowest BCUT2D eigenvalue weighted by Gasteiger charge is -2.11. The van der Waals surface area contributed by atoms with Gasteiger partial charge in [-0.15, -0.1) is 0 Å². The number of nitrogens with one attached hydrogen (secondary N) is 1. The minimum atomic E-state index is 0.287. The third-order valence-electron chi connectivity index (χ3n) is 2.86. The Morgan fingerprint density at radius 2 is 1.74 bits per heavy atom. The van der Waals surface area contributed by atoms with Crippen molar-refractivity contribution in [3.05, 3.63) is 48.0 Å². The van der Waals surface area contributed by atoms with E-state index in [2.05, 4.69) is 5.32 Å². The van der Waals surface area contributed by atoms with Crippen LogP contribution in [0.2, 0.25) is 0 Å². The van der Waals surface area contributed by atoms with Crippen molar-refractivity contribution in [2.75, 3.05) is 19.5 Å². The number of aromatic hydroxyl groups is 1. The molecule has 0 radical (unpaired) electrons.